The molecule has 0 aromatic carbocycles. The van der Waals surface area contributed by atoms with Crippen molar-refractivity contribution in [2.24, 2.45) is 5.41 Å². The molecule has 2 saturated heterocycles. The standard InChI is InChI=1S/C21H26N4O4/c26-17-6-4-15(18(27)24-17)25-11-14-13(19(25)28)3-5-16(23-14)21(29)9-10-22-12-20(21)7-1-2-8-20/h3,5,15,22,29H,1-2,4,6-12H2,(H,24,26,27). The third-order valence-electron chi connectivity index (χ3n) is 7.36. The largest absolute Gasteiger partial charge is 0.383 e. The Bertz CT molecular complexity index is 895. The van der Waals surface area contributed by atoms with E-state index in [9.17, 15) is 19.5 Å². The lowest BCUT2D eigenvalue weighted by molar-refractivity contribution is -0.136. The molecule has 154 valence electrons. The van der Waals surface area contributed by atoms with Gasteiger partial charge in [-0.3, -0.25) is 24.7 Å². The van der Waals surface area contributed by atoms with Gasteiger partial charge >= 0.3 is 0 Å². The van der Waals surface area contributed by atoms with Crippen molar-refractivity contribution in [1.29, 1.82) is 0 Å². The normalized spacial score (nSPS) is 31.3. The SMILES string of the molecule is O=C1CCC(N2Cc3nc(C4(O)CCNCC45CCCC5)ccc3C2=O)C(=O)N1. The van der Waals surface area contributed by atoms with Gasteiger partial charge in [0.2, 0.25) is 11.8 Å². The van der Waals surface area contributed by atoms with E-state index in [0.29, 0.717) is 29.8 Å². The lowest BCUT2D eigenvalue weighted by atomic mass is 9.65. The molecule has 2 unspecified atom stereocenters. The summed E-state index contributed by atoms with van der Waals surface area (Å²) in [6, 6.07) is 2.88. The third-order valence-corrected chi connectivity index (χ3v) is 7.36. The van der Waals surface area contributed by atoms with E-state index in [-0.39, 0.29) is 30.2 Å². The molecule has 1 aromatic heterocycles. The number of amides is 3. The fraction of sp³-hybridized carbons (Fsp3) is 0.619. The Morgan fingerprint density at radius 3 is 2.69 bits per heavy atom. The fourth-order valence-corrected chi connectivity index (χ4v) is 5.72. The number of aliphatic hydroxyl groups is 1. The Kier molecular flexibility index (Phi) is 4.25. The summed E-state index contributed by atoms with van der Waals surface area (Å²) in [6.45, 7) is 1.75. The topological polar surface area (TPSA) is 112 Å². The number of aromatic nitrogens is 1. The van der Waals surface area contributed by atoms with Crippen molar-refractivity contribution < 1.29 is 19.5 Å². The van der Waals surface area contributed by atoms with E-state index < -0.39 is 17.6 Å². The maximum Gasteiger partial charge on any atom is 0.256 e. The van der Waals surface area contributed by atoms with Gasteiger partial charge in [0.05, 0.1) is 23.5 Å². The Hall–Kier alpha value is -2.32. The summed E-state index contributed by atoms with van der Waals surface area (Å²) in [5.41, 5.74) is 0.513. The first kappa shape index (κ1) is 18.7. The van der Waals surface area contributed by atoms with Crippen molar-refractivity contribution in [3.05, 3.63) is 29.1 Å². The van der Waals surface area contributed by atoms with Crippen LogP contribution in [-0.2, 0) is 21.7 Å². The molecule has 5 rings (SSSR count). The van der Waals surface area contributed by atoms with Crippen LogP contribution in [0.4, 0.5) is 0 Å². The monoisotopic (exact) mass is 398 g/mol. The highest BCUT2D eigenvalue weighted by atomic mass is 16.3. The van der Waals surface area contributed by atoms with Gasteiger partial charge in [-0.05, 0) is 44.4 Å². The van der Waals surface area contributed by atoms with Crippen LogP contribution in [0.5, 0.6) is 0 Å². The van der Waals surface area contributed by atoms with Gasteiger partial charge in [-0.25, -0.2) is 0 Å². The van der Waals surface area contributed by atoms with Crippen LogP contribution < -0.4 is 10.6 Å². The average Bonchev–Trinajstić information content (AvgIpc) is 3.30. The first-order valence-electron chi connectivity index (χ1n) is 10.5. The Morgan fingerprint density at radius 2 is 1.93 bits per heavy atom. The van der Waals surface area contributed by atoms with Crippen molar-refractivity contribution in [2.75, 3.05) is 13.1 Å². The average molecular weight is 398 g/mol. The van der Waals surface area contributed by atoms with Crippen LogP contribution >= 0.6 is 0 Å². The van der Waals surface area contributed by atoms with Crippen molar-refractivity contribution in [3.63, 3.8) is 0 Å². The smallest absolute Gasteiger partial charge is 0.256 e. The van der Waals surface area contributed by atoms with Gasteiger partial charge in [0.1, 0.15) is 11.6 Å². The molecule has 1 saturated carbocycles. The highest BCUT2D eigenvalue weighted by molar-refractivity contribution is 6.05. The minimum absolute atomic E-state index is 0.210. The van der Waals surface area contributed by atoms with E-state index in [1.54, 1.807) is 12.1 Å². The number of carbonyl (C=O) groups excluding carboxylic acids is 3. The number of imide groups is 1. The zero-order chi connectivity index (χ0) is 20.2. The van der Waals surface area contributed by atoms with Crippen LogP contribution in [0.15, 0.2) is 12.1 Å². The molecule has 1 aromatic rings. The van der Waals surface area contributed by atoms with Crippen LogP contribution in [-0.4, -0.2) is 51.8 Å². The molecular formula is C21H26N4O4. The number of fused-ring (bicyclic) bond motifs is 1. The second-order valence-corrected chi connectivity index (χ2v) is 8.87. The third kappa shape index (κ3) is 2.73. The van der Waals surface area contributed by atoms with Gasteiger partial charge in [-0.15, -0.1) is 0 Å². The number of pyridine rings is 1. The highest BCUT2D eigenvalue weighted by Crippen LogP contribution is 2.53. The fourth-order valence-electron chi connectivity index (χ4n) is 5.72. The summed E-state index contributed by atoms with van der Waals surface area (Å²) < 4.78 is 0. The van der Waals surface area contributed by atoms with Crippen molar-refractivity contribution in [2.45, 2.75) is 63.1 Å². The van der Waals surface area contributed by atoms with Crippen LogP contribution in [0.1, 0.15) is 66.7 Å². The van der Waals surface area contributed by atoms with Crippen molar-refractivity contribution >= 4 is 17.7 Å². The van der Waals surface area contributed by atoms with Crippen LogP contribution in [0, 0.1) is 5.41 Å². The molecule has 1 spiro atoms. The van der Waals surface area contributed by atoms with Gasteiger partial charge in [0.15, 0.2) is 0 Å². The summed E-state index contributed by atoms with van der Waals surface area (Å²) in [5, 5.41) is 17.5. The lowest BCUT2D eigenvalue weighted by Gasteiger charge is -2.48. The molecule has 4 aliphatic rings. The summed E-state index contributed by atoms with van der Waals surface area (Å²) in [5.74, 6) is -0.961. The summed E-state index contributed by atoms with van der Waals surface area (Å²) >= 11 is 0. The van der Waals surface area contributed by atoms with Gasteiger partial charge < -0.3 is 15.3 Å². The van der Waals surface area contributed by atoms with Crippen LogP contribution in [0.3, 0.4) is 0 Å². The number of rotatable bonds is 2. The minimum Gasteiger partial charge on any atom is -0.383 e. The number of nitrogens with one attached hydrogen (secondary N) is 2. The Labute approximate surface area is 169 Å². The van der Waals surface area contributed by atoms with Gasteiger partial charge in [0.25, 0.3) is 5.91 Å². The minimum atomic E-state index is -1.01. The molecular weight excluding hydrogens is 372 g/mol. The summed E-state index contributed by atoms with van der Waals surface area (Å²) in [6.07, 6.45) is 5.31. The molecule has 8 nitrogen and oxygen atoms in total. The zero-order valence-electron chi connectivity index (χ0n) is 16.4. The number of piperidine rings is 2. The Morgan fingerprint density at radius 1 is 1.14 bits per heavy atom. The Balaban J connectivity index is 1.45. The van der Waals surface area contributed by atoms with E-state index >= 15 is 0 Å². The molecule has 3 aliphatic heterocycles. The predicted molar refractivity (Wildman–Crippen MR) is 103 cm³/mol. The van der Waals surface area contributed by atoms with Crippen molar-refractivity contribution in [1.82, 2.24) is 20.5 Å². The first-order valence-corrected chi connectivity index (χ1v) is 10.5. The summed E-state index contributed by atoms with van der Waals surface area (Å²) in [7, 11) is 0. The summed E-state index contributed by atoms with van der Waals surface area (Å²) in [4.78, 5) is 42.8. The van der Waals surface area contributed by atoms with Crippen molar-refractivity contribution in [3.8, 4) is 0 Å². The van der Waals surface area contributed by atoms with Crippen LogP contribution in [0.2, 0.25) is 0 Å². The molecule has 4 heterocycles. The maximum atomic E-state index is 12.9. The molecule has 1 aliphatic carbocycles. The van der Waals surface area contributed by atoms with E-state index in [2.05, 4.69) is 10.6 Å². The first-order chi connectivity index (χ1) is 13.9. The predicted octanol–water partition coefficient (Wildman–Crippen LogP) is 0.584. The second kappa shape index (κ2) is 6.60. The zero-order valence-corrected chi connectivity index (χ0v) is 16.4. The molecule has 0 radical (unpaired) electrons. The molecule has 8 heteroatoms. The van der Waals surface area contributed by atoms with Crippen LogP contribution in [0.25, 0.3) is 0 Å². The molecule has 3 amide bonds. The number of nitrogens with zero attached hydrogens (tertiary/aromatic N) is 2. The highest BCUT2D eigenvalue weighted by Gasteiger charge is 2.55. The molecule has 3 fully saturated rings. The van der Waals surface area contributed by atoms with E-state index in [1.165, 1.54) is 4.90 Å². The van der Waals surface area contributed by atoms with Gasteiger partial charge in [-0.1, -0.05) is 12.8 Å². The molecule has 29 heavy (non-hydrogen) atoms. The number of carbonyl (C=O) groups is 3. The maximum absolute atomic E-state index is 12.9. The number of hydrogen-bond acceptors (Lipinski definition) is 6. The quantitative estimate of drug-likeness (QED) is 0.629. The van der Waals surface area contributed by atoms with E-state index in [1.807, 2.05) is 0 Å². The number of hydrogen-bond donors (Lipinski definition) is 3. The lowest BCUT2D eigenvalue weighted by Crippen LogP contribution is -2.56. The van der Waals surface area contributed by atoms with Gasteiger partial charge in [0, 0.05) is 18.4 Å². The molecule has 2 atom stereocenters. The van der Waals surface area contributed by atoms with Gasteiger partial charge in [-0.2, -0.15) is 0 Å². The second-order valence-electron chi connectivity index (χ2n) is 8.87. The molecule has 3 N–H and O–H groups in total. The molecule has 0 bridgehead atoms. The van der Waals surface area contributed by atoms with E-state index in [0.717, 1.165) is 38.8 Å². The van der Waals surface area contributed by atoms with E-state index in [4.69, 9.17) is 4.98 Å².